The van der Waals surface area contributed by atoms with Gasteiger partial charge in [0.1, 0.15) is 0 Å². The molecular formula is C23H30N4O. The summed E-state index contributed by atoms with van der Waals surface area (Å²) in [5.74, 6) is 0.177. The van der Waals surface area contributed by atoms with Crippen molar-refractivity contribution in [2.24, 2.45) is 0 Å². The number of aryl methyl sites for hydroxylation is 1. The van der Waals surface area contributed by atoms with Gasteiger partial charge in [-0.3, -0.25) is 9.69 Å². The average molecular weight is 379 g/mol. The van der Waals surface area contributed by atoms with Gasteiger partial charge in [-0.05, 0) is 43.9 Å². The quantitative estimate of drug-likeness (QED) is 0.863. The van der Waals surface area contributed by atoms with E-state index in [1.165, 1.54) is 36.0 Å². The molecule has 5 nitrogen and oxygen atoms in total. The van der Waals surface area contributed by atoms with E-state index in [1.54, 1.807) is 0 Å². The highest BCUT2D eigenvalue weighted by atomic mass is 16.2. The van der Waals surface area contributed by atoms with Crippen LogP contribution in [0, 0.1) is 6.92 Å². The number of rotatable bonds is 5. The molecule has 1 N–H and O–H groups in total. The Morgan fingerprint density at radius 2 is 1.96 bits per heavy atom. The minimum atomic E-state index is 0.177. The van der Waals surface area contributed by atoms with Crippen molar-refractivity contribution >= 4 is 11.5 Å². The van der Waals surface area contributed by atoms with E-state index in [4.69, 9.17) is 0 Å². The lowest BCUT2D eigenvalue weighted by molar-refractivity contribution is -0.123. The molecule has 1 fully saturated rings. The van der Waals surface area contributed by atoms with Crippen LogP contribution in [0.4, 0.5) is 0 Å². The Kier molecular flexibility index (Phi) is 5.91. The number of benzene rings is 1. The van der Waals surface area contributed by atoms with Crippen LogP contribution in [0.3, 0.4) is 0 Å². The molecule has 0 bridgehead atoms. The maximum Gasteiger partial charge on any atom is 0.234 e. The van der Waals surface area contributed by atoms with Gasteiger partial charge in [-0.25, -0.2) is 4.68 Å². The third-order valence-corrected chi connectivity index (χ3v) is 5.88. The number of nitrogens with zero attached hydrogens (tertiary/aromatic N) is 3. The zero-order valence-corrected chi connectivity index (χ0v) is 16.7. The number of carbonyl (C=O) groups excluding carboxylic acids is 1. The van der Waals surface area contributed by atoms with E-state index in [9.17, 15) is 4.79 Å². The summed E-state index contributed by atoms with van der Waals surface area (Å²) in [6, 6.07) is 8.78. The molecule has 0 radical (unpaired) electrons. The maximum atomic E-state index is 12.3. The van der Waals surface area contributed by atoms with Gasteiger partial charge in [0, 0.05) is 30.9 Å². The maximum absolute atomic E-state index is 12.3. The Balaban J connectivity index is 1.31. The van der Waals surface area contributed by atoms with Crippen LogP contribution in [0.15, 0.2) is 42.7 Å². The fourth-order valence-corrected chi connectivity index (χ4v) is 4.17. The van der Waals surface area contributed by atoms with E-state index < -0.39 is 0 Å². The molecule has 5 heteroatoms. The summed E-state index contributed by atoms with van der Waals surface area (Å²) in [5.41, 5.74) is 4.82. The van der Waals surface area contributed by atoms with Gasteiger partial charge in [-0.1, -0.05) is 43.0 Å². The van der Waals surface area contributed by atoms with E-state index in [1.807, 2.05) is 10.9 Å². The van der Waals surface area contributed by atoms with Crippen LogP contribution in [0.25, 0.3) is 11.3 Å². The number of carbonyl (C=O) groups is 1. The Morgan fingerprint density at radius 3 is 2.68 bits per heavy atom. The van der Waals surface area contributed by atoms with E-state index in [2.05, 4.69) is 58.8 Å². The van der Waals surface area contributed by atoms with Crippen LogP contribution in [0.5, 0.6) is 0 Å². The summed E-state index contributed by atoms with van der Waals surface area (Å²) in [6.07, 6.45) is 13.3. The first-order valence-corrected chi connectivity index (χ1v) is 10.5. The van der Waals surface area contributed by atoms with Gasteiger partial charge >= 0.3 is 0 Å². The molecule has 1 aromatic heterocycles. The molecule has 1 saturated carbocycles. The second-order valence-corrected chi connectivity index (χ2v) is 8.13. The van der Waals surface area contributed by atoms with Crippen molar-refractivity contribution in [2.75, 3.05) is 19.6 Å². The Morgan fingerprint density at radius 1 is 1.18 bits per heavy atom. The van der Waals surface area contributed by atoms with E-state index in [0.717, 1.165) is 38.0 Å². The summed E-state index contributed by atoms with van der Waals surface area (Å²) in [5, 5.41) is 7.74. The fraction of sp³-hybridized carbons (Fsp3) is 0.478. The van der Waals surface area contributed by atoms with Crippen LogP contribution in [-0.4, -0.2) is 46.3 Å². The lowest BCUT2D eigenvalue weighted by atomic mass is 9.95. The molecule has 2 aromatic rings. The number of hydrogen-bond donors (Lipinski definition) is 1. The first-order valence-electron chi connectivity index (χ1n) is 10.5. The van der Waals surface area contributed by atoms with Crippen molar-refractivity contribution in [3.05, 3.63) is 53.9 Å². The van der Waals surface area contributed by atoms with Gasteiger partial charge in [-0.2, -0.15) is 5.10 Å². The predicted molar refractivity (Wildman–Crippen MR) is 112 cm³/mol. The first kappa shape index (κ1) is 18.9. The van der Waals surface area contributed by atoms with Crippen molar-refractivity contribution in [3.63, 3.8) is 0 Å². The van der Waals surface area contributed by atoms with Crippen LogP contribution < -0.4 is 5.32 Å². The summed E-state index contributed by atoms with van der Waals surface area (Å²) in [4.78, 5) is 14.6. The summed E-state index contributed by atoms with van der Waals surface area (Å²) in [7, 11) is 0. The Labute approximate surface area is 167 Å². The lowest BCUT2D eigenvalue weighted by Gasteiger charge is -2.27. The second-order valence-electron chi connectivity index (χ2n) is 8.13. The Bertz CT molecular complexity index is 831. The predicted octanol–water partition coefficient (Wildman–Crippen LogP) is 3.72. The Hall–Kier alpha value is -2.40. The fourth-order valence-electron chi connectivity index (χ4n) is 4.17. The molecule has 1 aliphatic carbocycles. The average Bonchev–Trinajstić information content (AvgIpc) is 3.20. The van der Waals surface area contributed by atoms with Crippen LogP contribution >= 0.6 is 0 Å². The van der Waals surface area contributed by atoms with Crippen molar-refractivity contribution < 1.29 is 4.79 Å². The van der Waals surface area contributed by atoms with Gasteiger partial charge < -0.3 is 5.32 Å². The molecule has 0 unspecified atom stereocenters. The molecule has 1 amide bonds. The molecule has 148 valence electrons. The summed E-state index contributed by atoms with van der Waals surface area (Å²) < 4.78 is 1.93. The van der Waals surface area contributed by atoms with Gasteiger partial charge in [0.05, 0.1) is 18.4 Å². The number of nitrogens with one attached hydrogen (secondary N) is 1. The SMILES string of the molecule is Cc1ccc(-n2cc(C3=CCN(CC(=O)NC4CCCCC4)CC3)cn2)cc1. The molecule has 0 atom stereocenters. The molecule has 4 rings (SSSR count). The molecule has 2 aliphatic rings. The topological polar surface area (TPSA) is 50.2 Å². The first-order chi connectivity index (χ1) is 13.7. The molecule has 28 heavy (non-hydrogen) atoms. The number of amides is 1. The van der Waals surface area contributed by atoms with Gasteiger partial charge in [0.25, 0.3) is 0 Å². The van der Waals surface area contributed by atoms with Gasteiger partial charge in [-0.15, -0.1) is 0 Å². The third-order valence-electron chi connectivity index (χ3n) is 5.88. The van der Waals surface area contributed by atoms with E-state index >= 15 is 0 Å². The standard InChI is InChI=1S/C23H30N4O/c1-18-7-9-22(10-8-18)27-16-20(15-24-27)19-11-13-26(14-12-19)17-23(28)25-21-5-3-2-4-6-21/h7-11,15-16,21H,2-6,12-14,17H2,1H3,(H,25,28). The van der Waals surface area contributed by atoms with Crippen molar-refractivity contribution in [1.29, 1.82) is 0 Å². The van der Waals surface area contributed by atoms with E-state index in [-0.39, 0.29) is 5.91 Å². The summed E-state index contributed by atoms with van der Waals surface area (Å²) in [6.45, 7) is 4.33. The van der Waals surface area contributed by atoms with Crippen molar-refractivity contribution in [3.8, 4) is 5.69 Å². The highest BCUT2D eigenvalue weighted by molar-refractivity contribution is 5.78. The minimum absolute atomic E-state index is 0.177. The normalized spacial score (nSPS) is 18.7. The molecular weight excluding hydrogens is 348 g/mol. The summed E-state index contributed by atoms with van der Waals surface area (Å²) >= 11 is 0. The molecule has 0 spiro atoms. The van der Waals surface area contributed by atoms with Gasteiger partial charge in [0.15, 0.2) is 0 Å². The zero-order chi connectivity index (χ0) is 19.3. The third kappa shape index (κ3) is 4.71. The molecule has 1 aromatic carbocycles. The largest absolute Gasteiger partial charge is 0.352 e. The van der Waals surface area contributed by atoms with E-state index in [0.29, 0.717) is 12.6 Å². The smallest absolute Gasteiger partial charge is 0.234 e. The van der Waals surface area contributed by atoms with Gasteiger partial charge in [0.2, 0.25) is 5.91 Å². The molecule has 0 saturated heterocycles. The van der Waals surface area contributed by atoms with Crippen molar-refractivity contribution in [1.82, 2.24) is 20.0 Å². The van der Waals surface area contributed by atoms with Crippen LogP contribution in [-0.2, 0) is 4.79 Å². The van der Waals surface area contributed by atoms with Crippen LogP contribution in [0.1, 0.15) is 49.7 Å². The second kappa shape index (κ2) is 8.74. The number of aromatic nitrogens is 2. The van der Waals surface area contributed by atoms with Crippen molar-refractivity contribution in [2.45, 2.75) is 51.5 Å². The monoisotopic (exact) mass is 378 g/mol. The number of hydrogen-bond acceptors (Lipinski definition) is 3. The highest BCUT2D eigenvalue weighted by Gasteiger charge is 2.19. The molecule has 1 aliphatic heterocycles. The lowest BCUT2D eigenvalue weighted by Crippen LogP contribution is -2.43. The highest BCUT2D eigenvalue weighted by Crippen LogP contribution is 2.23. The van der Waals surface area contributed by atoms with Crippen LogP contribution in [0.2, 0.25) is 0 Å². The molecule has 2 heterocycles. The zero-order valence-electron chi connectivity index (χ0n) is 16.7. The minimum Gasteiger partial charge on any atom is -0.352 e.